The highest BCUT2D eigenvalue weighted by Gasteiger charge is 2.11. The van der Waals surface area contributed by atoms with Crippen LogP contribution in [0.15, 0.2) is 18.7 Å². The van der Waals surface area contributed by atoms with Crippen molar-refractivity contribution in [3.05, 3.63) is 35.4 Å². The van der Waals surface area contributed by atoms with Crippen molar-refractivity contribution in [2.45, 2.75) is 79.6 Å². The van der Waals surface area contributed by atoms with Crippen LogP contribution < -0.4 is 4.74 Å². The predicted octanol–water partition coefficient (Wildman–Crippen LogP) is 7.35. The molecule has 0 heterocycles. The molecule has 1 aliphatic carbocycles. The molecule has 0 saturated heterocycles. The SMILES string of the molecule is C=Cc1cc(C)cc(C)c1OC.CC.CCCC1CCCCC1. The van der Waals surface area contributed by atoms with Crippen LogP contribution in [0.3, 0.4) is 0 Å². The Hall–Kier alpha value is -1.24. The van der Waals surface area contributed by atoms with E-state index in [-0.39, 0.29) is 0 Å². The Morgan fingerprint density at radius 1 is 1.13 bits per heavy atom. The third-order valence-corrected chi connectivity index (χ3v) is 4.29. The molecule has 0 aromatic heterocycles. The van der Waals surface area contributed by atoms with Crippen molar-refractivity contribution in [2.24, 2.45) is 5.92 Å². The van der Waals surface area contributed by atoms with E-state index in [0.29, 0.717) is 0 Å². The molecule has 23 heavy (non-hydrogen) atoms. The van der Waals surface area contributed by atoms with Crippen LogP contribution in [-0.4, -0.2) is 7.11 Å². The first-order valence-corrected chi connectivity index (χ1v) is 9.40. The lowest BCUT2D eigenvalue weighted by molar-refractivity contribution is 0.336. The summed E-state index contributed by atoms with van der Waals surface area (Å²) in [5.41, 5.74) is 3.46. The second-order valence-corrected chi connectivity index (χ2v) is 6.20. The van der Waals surface area contributed by atoms with E-state index in [4.69, 9.17) is 4.74 Å². The van der Waals surface area contributed by atoms with Crippen molar-refractivity contribution in [2.75, 3.05) is 7.11 Å². The van der Waals surface area contributed by atoms with Gasteiger partial charge in [-0.15, -0.1) is 0 Å². The molecule has 1 nitrogen and oxygen atoms in total. The van der Waals surface area contributed by atoms with Gasteiger partial charge in [0, 0.05) is 5.56 Å². The van der Waals surface area contributed by atoms with Crippen molar-refractivity contribution in [1.82, 2.24) is 0 Å². The van der Waals surface area contributed by atoms with Crippen LogP contribution in [0.25, 0.3) is 6.08 Å². The summed E-state index contributed by atoms with van der Waals surface area (Å²) in [5.74, 6) is 2.03. The fraction of sp³-hybridized carbons (Fsp3) is 0.636. The molecule has 1 aromatic carbocycles. The summed E-state index contributed by atoms with van der Waals surface area (Å²) >= 11 is 0. The van der Waals surface area contributed by atoms with Gasteiger partial charge in [0.15, 0.2) is 0 Å². The summed E-state index contributed by atoms with van der Waals surface area (Å²) in [6, 6.07) is 4.17. The highest BCUT2D eigenvalue weighted by molar-refractivity contribution is 5.59. The number of methoxy groups -OCH3 is 1. The molecule has 1 aliphatic rings. The average Bonchev–Trinajstić information content (AvgIpc) is 2.58. The van der Waals surface area contributed by atoms with Gasteiger partial charge in [0.2, 0.25) is 0 Å². The lowest BCUT2D eigenvalue weighted by Crippen LogP contribution is -2.04. The van der Waals surface area contributed by atoms with E-state index >= 15 is 0 Å². The predicted molar refractivity (Wildman–Crippen MR) is 105 cm³/mol. The van der Waals surface area contributed by atoms with Gasteiger partial charge in [0.1, 0.15) is 5.75 Å². The van der Waals surface area contributed by atoms with Crippen molar-refractivity contribution in [1.29, 1.82) is 0 Å². The van der Waals surface area contributed by atoms with Crippen LogP contribution in [0.1, 0.15) is 82.4 Å². The lowest BCUT2D eigenvalue weighted by Gasteiger charge is -2.20. The molecule has 1 heteroatoms. The molecule has 0 radical (unpaired) electrons. The molecular formula is C22H38O. The quantitative estimate of drug-likeness (QED) is 0.564. The zero-order valence-corrected chi connectivity index (χ0v) is 16.4. The molecule has 1 saturated carbocycles. The lowest BCUT2D eigenvalue weighted by atomic mass is 9.86. The van der Waals surface area contributed by atoms with Crippen LogP contribution in [0.4, 0.5) is 0 Å². The van der Waals surface area contributed by atoms with Crippen molar-refractivity contribution < 1.29 is 4.74 Å². The maximum atomic E-state index is 5.25. The normalized spacial score (nSPS) is 14.0. The van der Waals surface area contributed by atoms with Gasteiger partial charge in [-0.1, -0.05) is 90.0 Å². The maximum Gasteiger partial charge on any atom is 0.128 e. The molecule has 0 N–H and O–H groups in total. The molecule has 2 rings (SSSR count). The topological polar surface area (TPSA) is 9.23 Å². The zero-order valence-electron chi connectivity index (χ0n) is 16.4. The summed E-state index contributed by atoms with van der Waals surface area (Å²) in [4.78, 5) is 0. The van der Waals surface area contributed by atoms with Crippen LogP contribution >= 0.6 is 0 Å². The fourth-order valence-corrected chi connectivity index (χ4v) is 3.30. The number of aryl methyl sites for hydroxylation is 2. The maximum absolute atomic E-state index is 5.25. The minimum absolute atomic E-state index is 0.926. The zero-order chi connectivity index (χ0) is 17.7. The van der Waals surface area contributed by atoms with Crippen LogP contribution in [0.5, 0.6) is 5.75 Å². The number of rotatable bonds is 4. The molecular weight excluding hydrogens is 280 g/mol. The molecule has 0 atom stereocenters. The molecule has 0 aliphatic heterocycles. The summed E-state index contributed by atoms with van der Waals surface area (Å²) < 4.78 is 5.25. The van der Waals surface area contributed by atoms with Crippen molar-refractivity contribution in [3.63, 3.8) is 0 Å². The van der Waals surface area contributed by atoms with Crippen molar-refractivity contribution >= 4 is 6.08 Å². The summed E-state index contributed by atoms with van der Waals surface area (Å²) in [6.45, 7) is 14.2. The number of ether oxygens (including phenoxy) is 1. The smallest absolute Gasteiger partial charge is 0.128 e. The van der Waals surface area contributed by atoms with Gasteiger partial charge in [-0.2, -0.15) is 0 Å². The highest BCUT2D eigenvalue weighted by Crippen LogP contribution is 2.27. The van der Waals surface area contributed by atoms with Gasteiger partial charge in [0.05, 0.1) is 7.11 Å². The van der Waals surface area contributed by atoms with Crippen molar-refractivity contribution in [3.8, 4) is 5.75 Å². The minimum atomic E-state index is 0.926. The Kier molecular flexibility index (Phi) is 12.5. The molecule has 1 aromatic rings. The monoisotopic (exact) mass is 318 g/mol. The third-order valence-electron chi connectivity index (χ3n) is 4.29. The number of benzene rings is 1. The van der Waals surface area contributed by atoms with Gasteiger partial charge in [-0.05, 0) is 31.4 Å². The summed E-state index contributed by atoms with van der Waals surface area (Å²) in [6.07, 6.45) is 12.3. The Labute approximate surface area is 145 Å². The largest absolute Gasteiger partial charge is 0.496 e. The summed E-state index contributed by atoms with van der Waals surface area (Å²) in [5, 5.41) is 0. The highest BCUT2D eigenvalue weighted by atomic mass is 16.5. The van der Waals surface area contributed by atoms with Gasteiger partial charge in [0.25, 0.3) is 0 Å². The number of hydrogen-bond acceptors (Lipinski definition) is 1. The Morgan fingerprint density at radius 3 is 2.22 bits per heavy atom. The molecule has 0 unspecified atom stereocenters. The molecule has 132 valence electrons. The Balaban J connectivity index is 0.000000392. The first-order valence-electron chi connectivity index (χ1n) is 9.40. The van der Waals surface area contributed by atoms with E-state index in [2.05, 4.69) is 32.6 Å². The van der Waals surface area contributed by atoms with Gasteiger partial charge in [-0.3, -0.25) is 0 Å². The van der Waals surface area contributed by atoms with Gasteiger partial charge < -0.3 is 4.74 Å². The van der Waals surface area contributed by atoms with E-state index in [1.54, 1.807) is 7.11 Å². The van der Waals surface area contributed by atoms with Gasteiger partial charge in [-0.25, -0.2) is 0 Å². The minimum Gasteiger partial charge on any atom is -0.496 e. The number of hydrogen-bond donors (Lipinski definition) is 0. The van der Waals surface area contributed by atoms with Crippen LogP contribution in [0, 0.1) is 19.8 Å². The molecule has 0 spiro atoms. The molecule has 1 fully saturated rings. The standard InChI is InChI=1S/C11H14O.C9H18.C2H6/c1-5-10-7-8(2)6-9(3)11(10)12-4;1-2-6-9-7-4-3-5-8-9;1-2/h5-7H,1H2,2-4H3;9H,2-8H2,1H3;1-2H3. The fourth-order valence-electron chi connectivity index (χ4n) is 3.30. The first-order chi connectivity index (χ1) is 11.1. The van der Waals surface area contributed by atoms with E-state index in [1.165, 1.54) is 50.5 Å². The van der Waals surface area contributed by atoms with E-state index in [9.17, 15) is 0 Å². The Morgan fingerprint density at radius 2 is 1.74 bits per heavy atom. The first kappa shape index (κ1) is 21.8. The molecule has 0 amide bonds. The molecule has 0 bridgehead atoms. The second kappa shape index (κ2) is 13.2. The van der Waals surface area contributed by atoms with Gasteiger partial charge >= 0.3 is 0 Å². The Bertz CT molecular complexity index is 425. The van der Waals surface area contributed by atoms with E-state index in [0.717, 1.165) is 22.8 Å². The third kappa shape index (κ3) is 8.25. The summed E-state index contributed by atoms with van der Waals surface area (Å²) in [7, 11) is 1.69. The average molecular weight is 319 g/mol. The van der Waals surface area contributed by atoms with E-state index in [1.807, 2.05) is 26.8 Å². The van der Waals surface area contributed by atoms with E-state index < -0.39 is 0 Å². The van der Waals surface area contributed by atoms with Crippen LogP contribution in [0.2, 0.25) is 0 Å². The van der Waals surface area contributed by atoms with Crippen LogP contribution in [-0.2, 0) is 0 Å². The second-order valence-electron chi connectivity index (χ2n) is 6.20.